The lowest BCUT2D eigenvalue weighted by Gasteiger charge is -2.16. The van der Waals surface area contributed by atoms with Crippen molar-refractivity contribution in [1.29, 1.82) is 0 Å². The lowest BCUT2D eigenvalue weighted by Crippen LogP contribution is -2.23. The highest BCUT2D eigenvalue weighted by atomic mass is 35.5. The summed E-state index contributed by atoms with van der Waals surface area (Å²) in [5, 5.41) is 2.66. The maximum atomic E-state index is 14.1. The fourth-order valence-corrected chi connectivity index (χ4v) is 6.08. The minimum absolute atomic E-state index is 0.0738. The third kappa shape index (κ3) is 5.98. The highest BCUT2D eigenvalue weighted by molar-refractivity contribution is 7.20. The van der Waals surface area contributed by atoms with E-state index in [-0.39, 0.29) is 11.5 Å². The molecule has 10 heteroatoms. The molecule has 42 heavy (non-hydrogen) atoms. The molecular weight excluding hydrogens is 584 g/mol. The summed E-state index contributed by atoms with van der Waals surface area (Å²) in [7, 11) is 1.57. The van der Waals surface area contributed by atoms with Gasteiger partial charge in [0.05, 0.1) is 34.0 Å². The minimum Gasteiger partial charge on any atom is -0.496 e. The van der Waals surface area contributed by atoms with Gasteiger partial charge in [0.1, 0.15) is 23.5 Å². The van der Waals surface area contributed by atoms with Crippen molar-refractivity contribution in [2.45, 2.75) is 38.2 Å². The van der Waals surface area contributed by atoms with Crippen molar-refractivity contribution in [3.63, 3.8) is 0 Å². The van der Waals surface area contributed by atoms with E-state index in [0.29, 0.717) is 27.3 Å². The summed E-state index contributed by atoms with van der Waals surface area (Å²) in [6, 6.07) is 18.0. The molecule has 3 aromatic carbocycles. The van der Waals surface area contributed by atoms with Crippen LogP contribution in [0.25, 0.3) is 21.6 Å². The molecule has 1 aliphatic rings. The molecule has 1 saturated carbocycles. The van der Waals surface area contributed by atoms with Crippen molar-refractivity contribution >= 4 is 40.7 Å². The lowest BCUT2D eigenvalue weighted by molar-refractivity contribution is -0.146. The molecular formula is C32H28ClF2NO5S. The van der Waals surface area contributed by atoms with Crippen LogP contribution >= 0.6 is 22.9 Å². The summed E-state index contributed by atoms with van der Waals surface area (Å²) in [6.07, 6.45) is -0.327. The van der Waals surface area contributed by atoms with Crippen LogP contribution in [0, 0.1) is 11.6 Å². The zero-order valence-corrected chi connectivity index (χ0v) is 24.7. The summed E-state index contributed by atoms with van der Waals surface area (Å²) in [5.41, 5.74) is 3.20. The fourth-order valence-electron chi connectivity index (χ4n) is 4.90. The van der Waals surface area contributed by atoms with Crippen LogP contribution in [0.4, 0.5) is 19.3 Å². The van der Waals surface area contributed by atoms with E-state index in [1.54, 1.807) is 20.1 Å². The number of rotatable bonds is 9. The first-order chi connectivity index (χ1) is 20.1. The van der Waals surface area contributed by atoms with Crippen LogP contribution in [-0.2, 0) is 19.7 Å². The van der Waals surface area contributed by atoms with Crippen LogP contribution in [0.5, 0.6) is 5.75 Å². The molecule has 5 rings (SSSR count). The molecule has 1 aliphatic carbocycles. The van der Waals surface area contributed by atoms with Gasteiger partial charge in [-0.25, -0.2) is 13.6 Å². The van der Waals surface area contributed by atoms with Gasteiger partial charge in [0.15, 0.2) is 0 Å². The van der Waals surface area contributed by atoms with Crippen molar-refractivity contribution in [3.05, 3.63) is 93.8 Å². The first kappa shape index (κ1) is 29.5. The fraction of sp³-hybridized carbons (Fsp3) is 0.250. The van der Waals surface area contributed by atoms with E-state index in [1.165, 1.54) is 18.3 Å². The van der Waals surface area contributed by atoms with Gasteiger partial charge in [0, 0.05) is 11.1 Å². The molecule has 1 fully saturated rings. The maximum Gasteiger partial charge on any atom is 0.412 e. The Hall–Kier alpha value is -3.95. The van der Waals surface area contributed by atoms with Crippen molar-refractivity contribution < 1.29 is 32.6 Å². The molecule has 1 N–H and O–H groups in total. The number of amides is 1. The summed E-state index contributed by atoms with van der Waals surface area (Å²) < 4.78 is 44.5. The van der Waals surface area contributed by atoms with Gasteiger partial charge in [-0.15, -0.1) is 11.3 Å². The van der Waals surface area contributed by atoms with Gasteiger partial charge in [0.25, 0.3) is 0 Å². The first-order valence-corrected chi connectivity index (χ1v) is 14.5. The van der Waals surface area contributed by atoms with E-state index in [1.807, 2.05) is 42.5 Å². The SMILES string of the molecule is CCOC(=O)C1(c2ccc(-c3ccc(-c4sc(Cl)cc4NC(=O)OC(C)c4cc(F)ccc4F)cc3OC)cc2)CC1. The molecule has 0 aliphatic heterocycles. The van der Waals surface area contributed by atoms with Gasteiger partial charge in [-0.05, 0) is 73.7 Å². The van der Waals surface area contributed by atoms with Gasteiger partial charge in [0.2, 0.25) is 0 Å². The monoisotopic (exact) mass is 611 g/mol. The molecule has 218 valence electrons. The quantitative estimate of drug-likeness (QED) is 0.191. The Morgan fingerprint density at radius 1 is 1.02 bits per heavy atom. The number of esters is 1. The third-order valence-electron chi connectivity index (χ3n) is 7.25. The van der Waals surface area contributed by atoms with E-state index in [0.717, 1.165) is 53.3 Å². The number of carbonyl (C=O) groups is 2. The summed E-state index contributed by atoms with van der Waals surface area (Å²) in [4.78, 5) is 25.8. The predicted molar refractivity (Wildman–Crippen MR) is 159 cm³/mol. The summed E-state index contributed by atoms with van der Waals surface area (Å²) in [6.45, 7) is 3.61. The molecule has 1 atom stereocenters. The highest BCUT2D eigenvalue weighted by Crippen LogP contribution is 2.50. The molecule has 6 nitrogen and oxygen atoms in total. The molecule has 0 radical (unpaired) electrons. The Morgan fingerprint density at radius 2 is 1.74 bits per heavy atom. The second kappa shape index (κ2) is 12.1. The third-order valence-corrected chi connectivity index (χ3v) is 8.56. The van der Waals surface area contributed by atoms with Crippen molar-refractivity contribution in [2.24, 2.45) is 0 Å². The van der Waals surface area contributed by atoms with Crippen molar-refractivity contribution in [3.8, 4) is 27.3 Å². The molecule has 1 amide bonds. The lowest BCUT2D eigenvalue weighted by atomic mass is 9.93. The zero-order valence-electron chi connectivity index (χ0n) is 23.1. The number of thiophene rings is 1. The Morgan fingerprint density at radius 3 is 2.40 bits per heavy atom. The number of hydrogen-bond donors (Lipinski definition) is 1. The summed E-state index contributed by atoms with van der Waals surface area (Å²) in [5.74, 6) is -0.895. The Bertz CT molecular complexity index is 1630. The molecule has 1 aromatic heterocycles. The number of nitrogens with one attached hydrogen (secondary N) is 1. The number of methoxy groups -OCH3 is 1. The number of halogens is 3. The van der Waals surface area contributed by atoms with E-state index >= 15 is 0 Å². The highest BCUT2D eigenvalue weighted by Gasteiger charge is 2.52. The Balaban J connectivity index is 1.35. The van der Waals surface area contributed by atoms with Crippen molar-refractivity contribution in [1.82, 2.24) is 0 Å². The zero-order chi connectivity index (χ0) is 30.0. The topological polar surface area (TPSA) is 73.9 Å². The second-order valence-electron chi connectivity index (χ2n) is 9.93. The number of carbonyl (C=O) groups excluding carboxylic acids is 2. The van der Waals surface area contributed by atoms with Gasteiger partial charge in [-0.1, -0.05) is 48.0 Å². The minimum atomic E-state index is -1.03. The largest absolute Gasteiger partial charge is 0.496 e. The van der Waals surface area contributed by atoms with E-state index < -0.39 is 29.2 Å². The molecule has 0 saturated heterocycles. The van der Waals surface area contributed by atoms with Crippen LogP contribution in [0.2, 0.25) is 4.34 Å². The Labute approximate surface area is 251 Å². The molecule has 4 aromatic rings. The summed E-state index contributed by atoms with van der Waals surface area (Å²) >= 11 is 7.56. The standard InChI is InChI=1S/C32H28ClF2NO5S/c1-4-40-30(37)32(13-14-32)21-8-5-19(6-9-21)23-11-7-20(15-27(23)39-3)29-26(17-28(33)42-29)36-31(38)41-18(2)24-16-22(34)10-12-25(24)35/h5-12,15-18H,4,13-14H2,1-3H3,(H,36,38). The normalized spacial score (nSPS) is 14.1. The van der Waals surface area contributed by atoms with Gasteiger partial charge < -0.3 is 14.2 Å². The smallest absolute Gasteiger partial charge is 0.412 e. The van der Waals surface area contributed by atoms with Crippen LogP contribution in [0.3, 0.4) is 0 Å². The number of hydrogen-bond acceptors (Lipinski definition) is 6. The van der Waals surface area contributed by atoms with Crippen LogP contribution in [0.1, 0.15) is 43.9 Å². The van der Waals surface area contributed by atoms with Crippen LogP contribution in [-0.4, -0.2) is 25.8 Å². The molecule has 1 unspecified atom stereocenters. The first-order valence-electron chi connectivity index (χ1n) is 13.3. The number of benzene rings is 3. The van der Waals surface area contributed by atoms with Crippen LogP contribution < -0.4 is 10.1 Å². The number of anilines is 1. The van der Waals surface area contributed by atoms with E-state index in [2.05, 4.69) is 5.32 Å². The maximum absolute atomic E-state index is 14.1. The van der Waals surface area contributed by atoms with E-state index in [9.17, 15) is 18.4 Å². The average Bonchev–Trinajstić information content (AvgIpc) is 3.71. The van der Waals surface area contributed by atoms with Gasteiger partial charge >= 0.3 is 12.1 Å². The van der Waals surface area contributed by atoms with Crippen LogP contribution in [0.15, 0.2) is 66.7 Å². The molecule has 0 bridgehead atoms. The molecule has 1 heterocycles. The molecule has 0 spiro atoms. The Kier molecular flexibility index (Phi) is 8.52. The van der Waals surface area contributed by atoms with Crippen molar-refractivity contribution in [2.75, 3.05) is 19.0 Å². The predicted octanol–water partition coefficient (Wildman–Crippen LogP) is 8.93. The second-order valence-corrected chi connectivity index (χ2v) is 11.6. The number of ether oxygens (including phenoxy) is 3. The van der Waals surface area contributed by atoms with E-state index in [4.69, 9.17) is 25.8 Å². The van der Waals surface area contributed by atoms with Gasteiger partial charge in [-0.3, -0.25) is 10.1 Å². The average molecular weight is 612 g/mol. The van der Waals surface area contributed by atoms with Gasteiger partial charge in [-0.2, -0.15) is 0 Å².